The molecule has 82 valence electrons. The number of ether oxygens (including phenoxy) is 1. The molecule has 0 aliphatic carbocycles. The highest BCUT2D eigenvalue weighted by molar-refractivity contribution is 7.85. The lowest BCUT2D eigenvalue weighted by Gasteiger charge is -2.27. The number of nitrogens with zero attached hydrogens (tertiary/aromatic N) is 1. The van der Waals surface area contributed by atoms with Crippen molar-refractivity contribution < 1.29 is 18.8 Å². The monoisotopic (exact) mass is 221 g/mol. The van der Waals surface area contributed by atoms with Crippen molar-refractivity contribution in [1.29, 1.82) is 0 Å². The third-order valence-corrected chi connectivity index (χ3v) is 3.45. The highest BCUT2D eigenvalue weighted by Gasteiger charge is 2.22. The second-order valence-electron chi connectivity index (χ2n) is 3.19. The van der Waals surface area contributed by atoms with Crippen molar-refractivity contribution in [2.45, 2.75) is 6.10 Å². The van der Waals surface area contributed by atoms with E-state index in [2.05, 4.69) is 4.74 Å². The zero-order valence-electron chi connectivity index (χ0n) is 8.14. The predicted octanol–water partition coefficient (Wildman–Crippen LogP) is -1.42. The van der Waals surface area contributed by atoms with E-state index < -0.39 is 22.9 Å². The van der Waals surface area contributed by atoms with Crippen LogP contribution in [-0.4, -0.2) is 64.5 Å². The van der Waals surface area contributed by atoms with E-state index in [0.29, 0.717) is 24.6 Å². The smallest absolute Gasteiger partial charge is 0.336 e. The van der Waals surface area contributed by atoms with Crippen LogP contribution in [0.2, 0.25) is 0 Å². The van der Waals surface area contributed by atoms with Crippen molar-refractivity contribution in [2.75, 3.05) is 38.2 Å². The van der Waals surface area contributed by atoms with Gasteiger partial charge in [0.1, 0.15) is 0 Å². The Morgan fingerprint density at radius 1 is 1.57 bits per heavy atom. The summed E-state index contributed by atoms with van der Waals surface area (Å²) in [6.45, 7) is 1.60. The van der Waals surface area contributed by atoms with Crippen LogP contribution in [0.4, 0.5) is 0 Å². The van der Waals surface area contributed by atoms with Gasteiger partial charge in [-0.2, -0.15) is 0 Å². The molecule has 0 aromatic heterocycles. The molecule has 1 unspecified atom stereocenters. The highest BCUT2D eigenvalue weighted by Crippen LogP contribution is 2.01. The van der Waals surface area contributed by atoms with Crippen molar-refractivity contribution >= 4 is 16.8 Å². The first kappa shape index (κ1) is 11.6. The number of rotatable bonds is 3. The maximum Gasteiger partial charge on any atom is 0.336 e. The topological polar surface area (TPSA) is 66.8 Å². The van der Waals surface area contributed by atoms with E-state index in [4.69, 9.17) is 0 Å². The van der Waals surface area contributed by atoms with Crippen LogP contribution in [0, 0.1) is 0 Å². The minimum Gasteiger partial charge on any atom is -0.467 e. The van der Waals surface area contributed by atoms with Crippen LogP contribution in [-0.2, 0) is 20.3 Å². The first-order valence-electron chi connectivity index (χ1n) is 4.46. The molecule has 0 aromatic carbocycles. The van der Waals surface area contributed by atoms with Crippen LogP contribution >= 0.6 is 0 Å². The van der Waals surface area contributed by atoms with Gasteiger partial charge < -0.3 is 9.84 Å². The second-order valence-corrected chi connectivity index (χ2v) is 4.88. The fourth-order valence-electron chi connectivity index (χ4n) is 1.31. The first-order valence-corrected chi connectivity index (χ1v) is 5.95. The molecule has 0 radical (unpaired) electrons. The minimum atomic E-state index is -1.09. The van der Waals surface area contributed by atoms with Gasteiger partial charge in [0.15, 0.2) is 6.10 Å². The van der Waals surface area contributed by atoms with Crippen LogP contribution in [0.5, 0.6) is 0 Å². The summed E-state index contributed by atoms with van der Waals surface area (Å²) in [7, 11) is 0.519. The number of hydrogen-bond acceptors (Lipinski definition) is 5. The molecule has 1 N–H and O–H groups in total. The maximum absolute atomic E-state index is 11.0. The number of β-amino-alcohol motifs (C(OH)–C–C–N with tert-alkyl or cyclic N) is 1. The molecule has 1 heterocycles. The van der Waals surface area contributed by atoms with Crippen molar-refractivity contribution in [3.8, 4) is 0 Å². The van der Waals surface area contributed by atoms with Crippen LogP contribution in [0.25, 0.3) is 0 Å². The van der Waals surface area contributed by atoms with Gasteiger partial charge in [-0.25, -0.2) is 4.79 Å². The SMILES string of the molecule is COC(=O)C(O)CN1CCS(=O)CC1. The Balaban J connectivity index is 2.30. The normalized spacial score (nSPS) is 21.9. The van der Waals surface area contributed by atoms with Gasteiger partial charge >= 0.3 is 5.97 Å². The third-order valence-electron chi connectivity index (χ3n) is 2.17. The van der Waals surface area contributed by atoms with Crippen LogP contribution in [0.1, 0.15) is 0 Å². The van der Waals surface area contributed by atoms with E-state index in [1.165, 1.54) is 7.11 Å². The minimum absolute atomic E-state index is 0.268. The van der Waals surface area contributed by atoms with Gasteiger partial charge in [0.2, 0.25) is 0 Å². The summed E-state index contributed by atoms with van der Waals surface area (Å²) >= 11 is 0. The first-order chi connectivity index (χ1) is 6.63. The van der Waals surface area contributed by atoms with Crippen LogP contribution in [0.15, 0.2) is 0 Å². The summed E-state index contributed by atoms with van der Waals surface area (Å²) in [5.41, 5.74) is 0. The number of aliphatic hydroxyl groups is 1. The van der Waals surface area contributed by atoms with Gasteiger partial charge in [-0.1, -0.05) is 0 Å². The molecule has 1 atom stereocenters. The number of carbonyl (C=O) groups is 1. The molecule has 14 heavy (non-hydrogen) atoms. The lowest BCUT2D eigenvalue weighted by Crippen LogP contribution is -2.44. The molecule has 6 heteroatoms. The number of hydrogen-bond donors (Lipinski definition) is 1. The van der Waals surface area contributed by atoms with Crippen molar-refractivity contribution in [2.24, 2.45) is 0 Å². The summed E-state index contributed by atoms with van der Waals surface area (Å²) in [6, 6.07) is 0. The molecule has 1 aliphatic heterocycles. The van der Waals surface area contributed by atoms with E-state index in [9.17, 15) is 14.1 Å². The predicted molar refractivity (Wildman–Crippen MR) is 52.3 cm³/mol. The molecule has 1 aliphatic rings. The molecule has 1 saturated heterocycles. The fraction of sp³-hybridized carbons (Fsp3) is 0.875. The van der Waals surface area contributed by atoms with Gasteiger partial charge in [0.25, 0.3) is 0 Å². The Hall–Kier alpha value is -0.460. The average molecular weight is 221 g/mol. The molecule has 0 aromatic rings. The fourth-order valence-corrected chi connectivity index (χ4v) is 2.44. The van der Waals surface area contributed by atoms with Gasteiger partial charge in [0.05, 0.1) is 7.11 Å². The summed E-state index contributed by atoms with van der Waals surface area (Å²) < 4.78 is 15.4. The molecule has 0 spiro atoms. The molecule has 0 bridgehead atoms. The molecule has 5 nitrogen and oxygen atoms in total. The Morgan fingerprint density at radius 3 is 2.64 bits per heavy atom. The van der Waals surface area contributed by atoms with E-state index in [-0.39, 0.29) is 6.54 Å². The Labute approximate surface area is 85.5 Å². The largest absolute Gasteiger partial charge is 0.467 e. The Kier molecular flexibility index (Phi) is 4.50. The number of aliphatic hydroxyl groups excluding tert-OH is 1. The van der Waals surface area contributed by atoms with Gasteiger partial charge in [0, 0.05) is 41.9 Å². The summed E-state index contributed by atoms with van der Waals surface area (Å²) in [5, 5.41) is 9.34. The maximum atomic E-state index is 11.0. The molecule has 0 saturated carbocycles. The Morgan fingerprint density at radius 2 is 2.14 bits per heavy atom. The van der Waals surface area contributed by atoms with Gasteiger partial charge in [-0.3, -0.25) is 9.11 Å². The lowest BCUT2D eigenvalue weighted by atomic mass is 10.3. The summed E-state index contributed by atoms with van der Waals surface area (Å²) in [4.78, 5) is 12.8. The van der Waals surface area contributed by atoms with Crippen molar-refractivity contribution in [1.82, 2.24) is 4.90 Å². The standard InChI is InChI=1S/C8H15NO4S/c1-13-8(11)7(10)6-9-2-4-14(12)5-3-9/h7,10H,2-6H2,1H3. The summed E-state index contributed by atoms with van der Waals surface area (Å²) in [5.74, 6) is 0.624. The molecular formula is C8H15NO4S. The Bertz CT molecular complexity index is 223. The van der Waals surface area contributed by atoms with E-state index in [1.807, 2.05) is 4.90 Å². The number of esters is 1. The van der Waals surface area contributed by atoms with Crippen LogP contribution in [0.3, 0.4) is 0 Å². The second kappa shape index (κ2) is 5.43. The van der Waals surface area contributed by atoms with Crippen molar-refractivity contribution in [3.63, 3.8) is 0 Å². The molecule has 0 amide bonds. The number of methoxy groups -OCH3 is 1. The summed E-state index contributed by atoms with van der Waals surface area (Å²) in [6.07, 6.45) is -1.09. The average Bonchev–Trinajstić information content (AvgIpc) is 2.20. The lowest BCUT2D eigenvalue weighted by molar-refractivity contribution is -0.151. The van der Waals surface area contributed by atoms with E-state index in [0.717, 1.165) is 0 Å². The zero-order chi connectivity index (χ0) is 10.6. The molecule has 1 fully saturated rings. The highest BCUT2D eigenvalue weighted by atomic mass is 32.2. The third kappa shape index (κ3) is 3.36. The van der Waals surface area contributed by atoms with Gasteiger partial charge in [-0.15, -0.1) is 0 Å². The van der Waals surface area contributed by atoms with Crippen LogP contribution < -0.4 is 0 Å². The quantitative estimate of drug-likeness (QED) is 0.593. The number of carbonyl (C=O) groups excluding carboxylic acids is 1. The molecular weight excluding hydrogens is 206 g/mol. The van der Waals surface area contributed by atoms with E-state index in [1.54, 1.807) is 0 Å². The van der Waals surface area contributed by atoms with Crippen molar-refractivity contribution in [3.05, 3.63) is 0 Å². The van der Waals surface area contributed by atoms with E-state index >= 15 is 0 Å². The molecule has 1 rings (SSSR count). The van der Waals surface area contributed by atoms with Gasteiger partial charge in [-0.05, 0) is 0 Å². The zero-order valence-corrected chi connectivity index (χ0v) is 8.96.